The van der Waals surface area contributed by atoms with Gasteiger partial charge >= 0.3 is 0 Å². The highest BCUT2D eigenvalue weighted by Gasteiger charge is 2.30. The molecule has 0 spiro atoms. The summed E-state index contributed by atoms with van der Waals surface area (Å²) < 4.78 is 46.1. The van der Waals surface area contributed by atoms with Crippen molar-refractivity contribution >= 4 is 16.9 Å². The molecule has 1 aliphatic heterocycles. The Hall–Kier alpha value is -3.43. The molecular formula is C29H31F3N6. The summed E-state index contributed by atoms with van der Waals surface area (Å²) in [6.45, 7) is 4.45. The fourth-order valence-corrected chi connectivity index (χ4v) is 6.13. The number of likely N-dealkylation sites (N-methyl/N-ethyl adjacent to an activating group) is 1. The molecule has 2 aliphatic rings. The van der Waals surface area contributed by atoms with Gasteiger partial charge in [-0.1, -0.05) is 18.2 Å². The molecule has 0 bridgehead atoms. The molecule has 2 fully saturated rings. The molecular weight excluding hydrogens is 489 g/mol. The molecule has 198 valence electrons. The van der Waals surface area contributed by atoms with Gasteiger partial charge in [0.05, 0.1) is 10.9 Å². The van der Waals surface area contributed by atoms with Crippen molar-refractivity contribution in [2.45, 2.75) is 37.8 Å². The minimum atomic E-state index is -0.807. The number of nitrogen functional groups attached to an aromatic ring is 1. The largest absolute Gasteiger partial charge is 0.383 e. The highest BCUT2D eigenvalue weighted by atomic mass is 19.1. The lowest BCUT2D eigenvalue weighted by Crippen LogP contribution is -2.49. The van der Waals surface area contributed by atoms with Gasteiger partial charge in [-0.05, 0) is 56.5 Å². The van der Waals surface area contributed by atoms with E-state index in [0.717, 1.165) is 69.6 Å². The Balaban J connectivity index is 1.32. The molecule has 6 nitrogen and oxygen atoms in total. The number of halogens is 3. The highest BCUT2D eigenvalue weighted by molar-refractivity contribution is 6.00. The average molecular weight is 521 g/mol. The van der Waals surface area contributed by atoms with E-state index in [2.05, 4.69) is 31.4 Å². The molecule has 1 aliphatic carbocycles. The van der Waals surface area contributed by atoms with E-state index < -0.39 is 17.5 Å². The molecule has 9 heteroatoms. The normalized spacial score (nSPS) is 21.3. The topological polar surface area (TPSA) is 63.2 Å². The number of anilines is 1. The maximum atomic E-state index is 15.3. The summed E-state index contributed by atoms with van der Waals surface area (Å²) in [5.41, 5.74) is 7.78. The van der Waals surface area contributed by atoms with Crippen LogP contribution in [0.4, 0.5) is 19.0 Å². The Morgan fingerprint density at radius 3 is 2.18 bits per heavy atom. The second-order valence-corrected chi connectivity index (χ2v) is 10.5. The van der Waals surface area contributed by atoms with Crippen LogP contribution in [0.5, 0.6) is 0 Å². The summed E-state index contributed by atoms with van der Waals surface area (Å²) >= 11 is 0. The molecule has 1 saturated carbocycles. The lowest BCUT2D eigenvalue weighted by Gasteiger charge is -2.41. The van der Waals surface area contributed by atoms with Gasteiger partial charge in [-0.2, -0.15) is 0 Å². The molecule has 0 atom stereocenters. The van der Waals surface area contributed by atoms with E-state index in [1.54, 1.807) is 6.07 Å². The van der Waals surface area contributed by atoms with Crippen molar-refractivity contribution in [3.8, 4) is 22.3 Å². The van der Waals surface area contributed by atoms with Gasteiger partial charge < -0.3 is 15.2 Å². The Kier molecular flexibility index (Phi) is 6.57. The van der Waals surface area contributed by atoms with Gasteiger partial charge in [0.1, 0.15) is 35.2 Å². The maximum Gasteiger partial charge on any atom is 0.146 e. The predicted octanol–water partition coefficient (Wildman–Crippen LogP) is 5.50. The van der Waals surface area contributed by atoms with E-state index >= 15 is 4.39 Å². The van der Waals surface area contributed by atoms with Gasteiger partial charge in [0.15, 0.2) is 0 Å². The zero-order valence-electron chi connectivity index (χ0n) is 21.4. The van der Waals surface area contributed by atoms with Crippen LogP contribution >= 0.6 is 0 Å². The van der Waals surface area contributed by atoms with Gasteiger partial charge in [-0.15, -0.1) is 0 Å². The molecule has 1 saturated heterocycles. The number of nitrogens with two attached hydrogens (primary N) is 1. The molecule has 38 heavy (non-hydrogen) atoms. The number of piperazine rings is 1. The summed E-state index contributed by atoms with van der Waals surface area (Å²) in [5.74, 6) is -2.01. The lowest BCUT2D eigenvalue weighted by molar-refractivity contribution is 0.0828. The first-order chi connectivity index (χ1) is 18.4. The summed E-state index contributed by atoms with van der Waals surface area (Å²) in [6.07, 6.45) is 7.70. The molecule has 0 radical (unpaired) electrons. The van der Waals surface area contributed by atoms with Crippen LogP contribution < -0.4 is 5.73 Å². The number of hydrogen-bond acceptors (Lipinski definition) is 5. The summed E-state index contributed by atoms with van der Waals surface area (Å²) in [7, 11) is 2.17. The molecule has 4 aromatic rings. The van der Waals surface area contributed by atoms with Gasteiger partial charge in [0, 0.05) is 55.6 Å². The van der Waals surface area contributed by atoms with E-state index in [9.17, 15) is 8.78 Å². The van der Waals surface area contributed by atoms with Gasteiger partial charge in [0.2, 0.25) is 0 Å². The SMILES string of the molecule is CN1CCN(C2CCC(n3cc(-c4ccc(-c5c(F)cccc5F)c(F)c4)c4c(N)ncnc43)CC2)CC1. The van der Waals surface area contributed by atoms with Crippen molar-refractivity contribution in [1.82, 2.24) is 24.3 Å². The molecule has 0 unspecified atom stereocenters. The average Bonchev–Trinajstić information content (AvgIpc) is 3.31. The molecule has 2 aromatic heterocycles. The summed E-state index contributed by atoms with van der Waals surface area (Å²) in [4.78, 5) is 13.7. The monoisotopic (exact) mass is 520 g/mol. The van der Waals surface area contributed by atoms with Crippen LogP contribution in [-0.2, 0) is 0 Å². The highest BCUT2D eigenvalue weighted by Crippen LogP contribution is 2.40. The third-order valence-electron chi connectivity index (χ3n) is 8.26. The van der Waals surface area contributed by atoms with E-state index in [4.69, 9.17) is 5.73 Å². The van der Waals surface area contributed by atoms with Crippen LogP contribution in [0.1, 0.15) is 31.7 Å². The molecule has 2 aromatic carbocycles. The molecule has 6 rings (SSSR count). The molecule has 0 amide bonds. The smallest absolute Gasteiger partial charge is 0.146 e. The number of fused-ring (bicyclic) bond motifs is 1. The van der Waals surface area contributed by atoms with Crippen LogP contribution in [0, 0.1) is 17.5 Å². The second kappa shape index (κ2) is 10.0. The zero-order chi connectivity index (χ0) is 26.4. The van der Waals surface area contributed by atoms with Crippen molar-refractivity contribution in [1.29, 1.82) is 0 Å². The first-order valence-corrected chi connectivity index (χ1v) is 13.2. The predicted molar refractivity (Wildman–Crippen MR) is 143 cm³/mol. The number of hydrogen-bond donors (Lipinski definition) is 1. The van der Waals surface area contributed by atoms with E-state index in [-0.39, 0.29) is 17.2 Å². The van der Waals surface area contributed by atoms with Gasteiger partial charge in [-0.3, -0.25) is 4.90 Å². The Bertz CT molecular complexity index is 1450. The lowest BCUT2D eigenvalue weighted by atomic mass is 9.89. The number of aromatic nitrogens is 3. The fraction of sp³-hybridized carbons (Fsp3) is 0.379. The Morgan fingerprint density at radius 1 is 0.816 bits per heavy atom. The van der Waals surface area contributed by atoms with Crippen LogP contribution in [-0.4, -0.2) is 63.6 Å². The van der Waals surface area contributed by atoms with Crippen molar-refractivity contribution in [3.63, 3.8) is 0 Å². The Morgan fingerprint density at radius 2 is 1.50 bits per heavy atom. The first kappa shape index (κ1) is 24.9. The van der Waals surface area contributed by atoms with Crippen molar-refractivity contribution < 1.29 is 13.2 Å². The fourth-order valence-electron chi connectivity index (χ4n) is 6.13. The Labute approximate surface area is 219 Å². The van der Waals surface area contributed by atoms with Crippen LogP contribution in [0.3, 0.4) is 0 Å². The maximum absolute atomic E-state index is 15.3. The van der Waals surface area contributed by atoms with E-state index in [1.807, 2.05) is 6.20 Å². The molecule has 2 N–H and O–H groups in total. The van der Waals surface area contributed by atoms with Crippen LogP contribution in [0.25, 0.3) is 33.3 Å². The first-order valence-electron chi connectivity index (χ1n) is 13.2. The van der Waals surface area contributed by atoms with E-state index in [0.29, 0.717) is 28.4 Å². The minimum Gasteiger partial charge on any atom is -0.383 e. The third-order valence-corrected chi connectivity index (χ3v) is 8.26. The molecule has 3 heterocycles. The van der Waals surface area contributed by atoms with E-state index in [1.165, 1.54) is 24.5 Å². The van der Waals surface area contributed by atoms with Gasteiger partial charge in [0.25, 0.3) is 0 Å². The third kappa shape index (κ3) is 4.43. The van der Waals surface area contributed by atoms with Crippen molar-refractivity contribution in [2.24, 2.45) is 0 Å². The summed E-state index contributed by atoms with van der Waals surface area (Å²) in [6, 6.07) is 8.73. The van der Waals surface area contributed by atoms with Crippen LogP contribution in [0.15, 0.2) is 48.9 Å². The standard InChI is InChI=1S/C29H31F3N6/c1-36-11-13-37(14-12-36)19-6-8-20(9-7-19)38-16-22(27-28(33)34-17-35-29(27)38)18-5-10-21(25(32)15-18)26-23(30)3-2-4-24(26)31/h2-5,10,15-17,19-20H,6-9,11-14H2,1H3,(H2,33,34,35). The van der Waals surface area contributed by atoms with Gasteiger partial charge in [-0.25, -0.2) is 23.1 Å². The summed E-state index contributed by atoms with van der Waals surface area (Å²) in [5, 5.41) is 0.665. The minimum absolute atomic E-state index is 0.125. The number of rotatable bonds is 4. The number of benzene rings is 2. The second-order valence-electron chi connectivity index (χ2n) is 10.5. The van der Waals surface area contributed by atoms with Crippen LogP contribution in [0.2, 0.25) is 0 Å². The number of nitrogens with zero attached hydrogens (tertiary/aromatic N) is 5. The zero-order valence-corrected chi connectivity index (χ0v) is 21.4. The van der Waals surface area contributed by atoms with Crippen molar-refractivity contribution in [3.05, 3.63) is 66.4 Å². The quantitative estimate of drug-likeness (QED) is 0.385. The van der Waals surface area contributed by atoms with Crippen molar-refractivity contribution in [2.75, 3.05) is 39.0 Å².